The monoisotopic (exact) mass is 327 g/mol. The SMILES string of the molecule is CCOC(=O)c1sc(-c2cc(C#N)c3c(c2)CCCN3)nc1C. The van der Waals surface area contributed by atoms with Crippen LogP contribution in [0.3, 0.4) is 0 Å². The van der Waals surface area contributed by atoms with E-state index < -0.39 is 0 Å². The average Bonchev–Trinajstić information content (AvgIpc) is 2.96. The zero-order valence-corrected chi connectivity index (χ0v) is 13.9. The number of ether oxygens (including phenoxy) is 1. The van der Waals surface area contributed by atoms with Gasteiger partial charge in [0.25, 0.3) is 0 Å². The molecule has 1 N–H and O–H groups in total. The van der Waals surface area contributed by atoms with E-state index in [4.69, 9.17) is 4.74 Å². The minimum Gasteiger partial charge on any atom is -0.462 e. The number of nitrogens with zero attached hydrogens (tertiary/aromatic N) is 2. The second-order valence-electron chi connectivity index (χ2n) is 5.35. The average molecular weight is 327 g/mol. The quantitative estimate of drug-likeness (QED) is 0.873. The third-order valence-corrected chi connectivity index (χ3v) is 4.96. The van der Waals surface area contributed by atoms with Gasteiger partial charge in [-0.25, -0.2) is 9.78 Å². The van der Waals surface area contributed by atoms with Crippen molar-refractivity contribution in [2.75, 3.05) is 18.5 Å². The van der Waals surface area contributed by atoms with Crippen molar-refractivity contribution < 1.29 is 9.53 Å². The molecule has 0 bridgehead atoms. The van der Waals surface area contributed by atoms with Gasteiger partial charge in [-0.3, -0.25) is 0 Å². The molecule has 0 saturated heterocycles. The summed E-state index contributed by atoms with van der Waals surface area (Å²) in [7, 11) is 0. The van der Waals surface area contributed by atoms with E-state index in [1.807, 2.05) is 6.07 Å². The van der Waals surface area contributed by atoms with Crippen LogP contribution < -0.4 is 5.32 Å². The van der Waals surface area contributed by atoms with E-state index in [-0.39, 0.29) is 5.97 Å². The van der Waals surface area contributed by atoms with Gasteiger partial charge in [-0.15, -0.1) is 11.3 Å². The molecule has 1 aliphatic heterocycles. The first-order valence-corrected chi connectivity index (χ1v) is 8.41. The number of thiazole rings is 1. The van der Waals surface area contributed by atoms with Crippen molar-refractivity contribution >= 4 is 23.0 Å². The maximum Gasteiger partial charge on any atom is 0.350 e. The second kappa shape index (κ2) is 6.39. The Morgan fingerprint density at radius 1 is 1.52 bits per heavy atom. The van der Waals surface area contributed by atoms with Gasteiger partial charge in [-0.2, -0.15) is 5.26 Å². The van der Waals surface area contributed by atoms with Gasteiger partial charge in [0.15, 0.2) is 0 Å². The number of aryl methyl sites for hydroxylation is 2. The van der Waals surface area contributed by atoms with E-state index in [1.54, 1.807) is 13.8 Å². The molecule has 0 spiro atoms. The molecule has 0 amide bonds. The first-order valence-electron chi connectivity index (χ1n) is 7.59. The van der Waals surface area contributed by atoms with Crippen LogP contribution in [0.25, 0.3) is 10.6 Å². The number of esters is 1. The number of carbonyl (C=O) groups is 1. The minimum absolute atomic E-state index is 0.339. The molecule has 6 heteroatoms. The van der Waals surface area contributed by atoms with Crippen LogP contribution in [0.4, 0.5) is 5.69 Å². The molecule has 2 heterocycles. The second-order valence-corrected chi connectivity index (χ2v) is 6.35. The number of fused-ring (bicyclic) bond motifs is 1. The molecule has 1 aliphatic rings. The number of nitriles is 1. The van der Waals surface area contributed by atoms with E-state index in [0.717, 1.165) is 41.2 Å². The summed E-state index contributed by atoms with van der Waals surface area (Å²) in [5.41, 5.74) is 4.24. The summed E-state index contributed by atoms with van der Waals surface area (Å²) >= 11 is 1.32. The summed E-state index contributed by atoms with van der Waals surface area (Å²) < 4.78 is 5.06. The number of nitrogens with one attached hydrogen (secondary N) is 1. The molecular weight excluding hydrogens is 310 g/mol. The molecule has 23 heavy (non-hydrogen) atoms. The molecule has 2 aromatic rings. The smallest absolute Gasteiger partial charge is 0.350 e. The highest BCUT2D eigenvalue weighted by Gasteiger charge is 2.20. The third-order valence-electron chi connectivity index (χ3n) is 3.77. The van der Waals surface area contributed by atoms with Crippen LogP contribution in [0.2, 0.25) is 0 Å². The lowest BCUT2D eigenvalue weighted by atomic mass is 9.97. The Labute approximate surface area is 138 Å². The van der Waals surface area contributed by atoms with Gasteiger partial charge in [0, 0.05) is 12.1 Å². The molecule has 0 unspecified atom stereocenters. The Morgan fingerprint density at radius 3 is 3.09 bits per heavy atom. The predicted octanol–water partition coefficient (Wildman–Crippen LogP) is 3.53. The van der Waals surface area contributed by atoms with Gasteiger partial charge in [0.1, 0.15) is 16.0 Å². The van der Waals surface area contributed by atoms with Gasteiger partial charge in [-0.05, 0) is 44.4 Å². The highest BCUT2D eigenvalue weighted by molar-refractivity contribution is 7.17. The zero-order valence-electron chi connectivity index (χ0n) is 13.1. The molecule has 0 aliphatic carbocycles. The summed E-state index contributed by atoms with van der Waals surface area (Å²) in [6.45, 7) is 4.82. The number of hydrogen-bond donors (Lipinski definition) is 1. The van der Waals surface area contributed by atoms with Crippen molar-refractivity contribution in [2.24, 2.45) is 0 Å². The zero-order chi connectivity index (χ0) is 16.4. The lowest BCUT2D eigenvalue weighted by molar-refractivity contribution is 0.0531. The number of carbonyl (C=O) groups excluding carboxylic acids is 1. The van der Waals surface area contributed by atoms with Gasteiger partial charge < -0.3 is 10.1 Å². The van der Waals surface area contributed by atoms with Crippen LogP contribution in [0, 0.1) is 18.3 Å². The van der Waals surface area contributed by atoms with Gasteiger partial charge in [-0.1, -0.05) is 0 Å². The third kappa shape index (κ3) is 2.92. The van der Waals surface area contributed by atoms with Gasteiger partial charge in [0.2, 0.25) is 0 Å². The molecule has 0 radical (unpaired) electrons. The van der Waals surface area contributed by atoms with Crippen LogP contribution in [0.5, 0.6) is 0 Å². The Kier molecular flexibility index (Phi) is 4.30. The van der Waals surface area contributed by atoms with Crippen molar-refractivity contribution in [3.63, 3.8) is 0 Å². The van der Waals surface area contributed by atoms with Crippen molar-refractivity contribution in [1.82, 2.24) is 4.98 Å². The van der Waals surface area contributed by atoms with E-state index in [9.17, 15) is 10.1 Å². The van der Waals surface area contributed by atoms with E-state index >= 15 is 0 Å². The molecule has 0 fully saturated rings. The lowest BCUT2D eigenvalue weighted by Gasteiger charge is -2.19. The molecule has 0 saturated carbocycles. The van der Waals surface area contributed by atoms with Crippen molar-refractivity contribution in [1.29, 1.82) is 5.26 Å². The van der Waals surface area contributed by atoms with Crippen molar-refractivity contribution in [3.8, 4) is 16.6 Å². The summed E-state index contributed by atoms with van der Waals surface area (Å²) in [5.74, 6) is -0.339. The Bertz CT molecular complexity index is 805. The largest absolute Gasteiger partial charge is 0.462 e. The fraction of sp³-hybridized carbons (Fsp3) is 0.353. The van der Waals surface area contributed by atoms with E-state index in [1.165, 1.54) is 11.3 Å². The molecule has 3 rings (SSSR count). The minimum atomic E-state index is -0.339. The molecular formula is C17H17N3O2S. The van der Waals surface area contributed by atoms with Crippen LogP contribution in [0.15, 0.2) is 12.1 Å². The van der Waals surface area contributed by atoms with Gasteiger partial charge in [0.05, 0.1) is 23.6 Å². The number of hydrogen-bond acceptors (Lipinski definition) is 6. The number of aromatic nitrogens is 1. The Hall–Kier alpha value is -2.39. The van der Waals surface area contributed by atoms with Gasteiger partial charge >= 0.3 is 5.97 Å². The molecule has 1 aromatic heterocycles. The van der Waals surface area contributed by atoms with Crippen molar-refractivity contribution in [3.05, 3.63) is 33.8 Å². The van der Waals surface area contributed by atoms with E-state index in [0.29, 0.717) is 22.7 Å². The van der Waals surface area contributed by atoms with Crippen LogP contribution in [-0.4, -0.2) is 24.1 Å². The fourth-order valence-corrected chi connectivity index (χ4v) is 3.67. The maximum absolute atomic E-state index is 12.0. The van der Waals surface area contributed by atoms with E-state index in [2.05, 4.69) is 22.4 Å². The first kappa shape index (κ1) is 15.5. The highest BCUT2D eigenvalue weighted by atomic mass is 32.1. The highest BCUT2D eigenvalue weighted by Crippen LogP contribution is 2.34. The summed E-state index contributed by atoms with van der Waals surface area (Å²) in [6.07, 6.45) is 1.99. The normalized spacial score (nSPS) is 12.9. The number of benzene rings is 1. The molecule has 1 aromatic carbocycles. The standard InChI is InChI=1S/C17H17N3O2S/c1-3-22-17(21)15-10(2)20-16(23-15)12-7-11-5-4-6-19-14(11)13(8-12)9-18/h7-8,19H,3-6H2,1-2H3. The lowest BCUT2D eigenvalue weighted by Crippen LogP contribution is -2.13. The van der Waals surface area contributed by atoms with Crippen LogP contribution in [0.1, 0.15) is 39.8 Å². The first-order chi connectivity index (χ1) is 11.1. The van der Waals surface area contributed by atoms with Crippen LogP contribution in [-0.2, 0) is 11.2 Å². The molecule has 118 valence electrons. The molecule has 5 nitrogen and oxygen atoms in total. The Balaban J connectivity index is 2.04. The summed E-state index contributed by atoms with van der Waals surface area (Å²) in [6, 6.07) is 6.16. The van der Waals surface area contributed by atoms with Crippen molar-refractivity contribution in [2.45, 2.75) is 26.7 Å². The van der Waals surface area contributed by atoms with Crippen LogP contribution >= 0.6 is 11.3 Å². The number of anilines is 1. The number of rotatable bonds is 3. The summed E-state index contributed by atoms with van der Waals surface area (Å²) in [4.78, 5) is 17.0. The fourth-order valence-electron chi connectivity index (χ4n) is 2.72. The molecule has 0 atom stereocenters. The topological polar surface area (TPSA) is 75.0 Å². The maximum atomic E-state index is 12.0. The Morgan fingerprint density at radius 2 is 2.35 bits per heavy atom. The predicted molar refractivity (Wildman–Crippen MR) is 89.8 cm³/mol. The summed E-state index contributed by atoms with van der Waals surface area (Å²) in [5, 5.41) is 13.4.